The average molecular weight is 434 g/mol. The summed E-state index contributed by atoms with van der Waals surface area (Å²) in [4.78, 5) is 9.60. The van der Waals surface area contributed by atoms with Gasteiger partial charge in [-0.2, -0.15) is 0 Å². The van der Waals surface area contributed by atoms with Crippen LogP contribution in [0, 0.1) is 11.3 Å². The summed E-state index contributed by atoms with van der Waals surface area (Å²) in [6, 6.07) is 0. The Labute approximate surface area is 159 Å². The van der Waals surface area contributed by atoms with Crippen LogP contribution in [0.1, 0.15) is 51.9 Å². The summed E-state index contributed by atoms with van der Waals surface area (Å²) >= 11 is 0. The van der Waals surface area contributed by atoms with Gasteiger partial charge in [-0.05, 0) is 69.5 Å². The lowest BCUT2D eigenvalue weighted by molar-refractivity contribution is 0.151. The molecule has 3 fully saturated rings. The van der Waals surface area contributed by atoms with Crippen molar-refractivity contribution in [1.29, 1.82) is 0 Å². The Morgan fingerprint density at radius 1 is 1.17 bits per heavy atom. The molecule has 134 valence electrons. The van der Waals surface area contributed by atoms with Crippen molar-refractivity contribution < 1.29 is 0 Å². The molecule has 3 rings (SSSR count). The van der Waals surface area contributed by atoms with Crippen LogP contribution in [0.4, 0.5) is 0 Å². The van der Waals surface area contributed by atoms with Crippen molar-refractivity contribution in [1.82, 2.24) is 15.1 Å². The fourth-order valence-electron chi connectivity index (χ4n) is 4.51. The van der Waals surface area contributed by atoms with Crippen LogP contribution in [0.15, 0.2) is 4.99 Å². The van der Waals surface area contributed by atoms with E-state index in [1.807, 2.05) is 7.05 Å². The maximum atomic E-state index is 4.53. The normalized spacial score (nSPS) is 25.3. The van der Waals surface area contributed by atoms with Crippen molar-refractivity contribution in [3.05, 3.63) is 0 Å². The number of nitrogens with one attached hydrogen (secondary N) is 1. The van der Waals surface area contributed by atoms with Gasteiger partial charge >= 0.3 is 0 Å². The molecule has 3 aliphatic rings. The average Bonchev–Trinajstić information content (AvgIpc) is 2.98. The zero-order chi connectivity index (χ0) is 15.4. The van der Waals surface area contributed by atoms with Crippen molar-refractivity contribution in [3.8, 4) is 0 Å². The van der Waals surface area contributed by atoms with E-state index in [4.69, 9.17) is 0 Å². The van der Waals surface area contributed by atoms with Crippen molar-refractivity contribution in [3.63, 3.8) is 0 Å². The van der Waals surface area contributed by atoms with Gasteiger partial charge in [0.1, 0.15) is 0 Å². The first-order chi connectivity index (χ1) is 10.7. The Hall–Kier alpha value is -0.0400. The Morgan fingerprint density at radius 3 is 2.43 bits per heavy atom. The molecule has 4 nitrogen and oxygen atoms in total. The summed E-state index contributed by atoms with van der Waals surface area (Å²) in [5.41, 5.74) is 0.657. The number of likely N-dealkylation sites (tertiary alicyclic amines) is 2. The highest BCUT2D eigenvalue weighted by molar-refractivity contribution is 14.0. The predicted octanol–water partition coefficient (Wildman–Crippen LogP) is 3.18. The van der Waals surface area contributed by atoms with Gasteiger partial charge in [0.05, 0.1) is 0 Å². The molecule has 0 aromatic carbocycles. The molecular weight excluding hydrogens is 399 g/mol. The highest BCUT2D eigenvalue weighted by Gasteiger charge is 2.43. The molecule has 2 saturated heterocycles. The van der Waals surface area contributed by atoms with Crippen LogP contribution in [-0.2, 0) is 0 Å². The first-order valence-electron chi connectivity index (χ1n) is 9.43. The van der Waals surface area contributed by atoms with Crippen LogP contribution in [0.3, 0.4) is 0 Å². The van der Waals surface area contributed by atoms with Gasteiger partial charge in [0.15, 0.2) is 5.96 Å². The summed E-state index contributed by atoms with van der Waals surface area (Å²) in [6.07, 6.45) is 9.75. The minimum absolute atomic E-state index is 0. The Balaban J connectivity index is 0.00000192. The number of aliphatic imine (C=N–C) groups is 1. The van der Waals surface area contributed by atoms with Gasteiger partial charge in [-0.3, -0.25) is 4.99 Å². The second-order valence-corrected chi connectivity index (χ2v) is 7.67. The second kappa shape index (κ2) is 8.88. The van der Waals surface area contributed by atoms with Gasteiger partial charge in [-0.25, -0.2) is 0 Å². The number of nitrogens with zero attached hydrogens (tertiary/aromatic N) is 3. The third-order valence-electron chi connectivity index (χ3n) is 6.35. The minimum atomic E-state index is 0. The van der Waals surface area contributed by atoms with E-state index < -0.39 is 0 Å². The van der Waals surface area contributed by atoms with E-state index in [-0.39, 0.29) is 24.0 Å². The van der Waals surface area contributed by atoms with Crippen molar-refractivity contribution >= 4 is 29.9 Å². The molecule has 0 bridgehead atoms. The predicted molar refractivity (Wildman–Crippen MR) is 109 cm³/mol. The third kappa shape index (κ3) is 4.74. The zero-order valence-electron chi connectivity index (χ0n) is 15.0. The lowest BCUT2D eigenvalue weighted by atomic mass is 9.68. The van der Waals surface area contributed by atoms with E-state index in [9.17, 15) is 0 Å². The van der Waals surface area contributed by atoms with E-state index in [1.165, 1.54) is 77.7 Å². The van der Waals surface area contributed by atoms with Crippen LogP contribution in [0.2, 0.25) is 0 Å². The smallest absolute Gasteiger partial charge is 0.193 e. The minimum Gasteiger partial charge on any atom is -0.356 e. The van der Waals surface area contributed by atoms with Crippen LogP contribution in [-0.4, -0.2) is 62.1 Å². The molecule has 5 heteroatoms. The highest BCUT2D eigenvalue weighted by atomic mass is 127. The van der Waals surface area contributed by atoms with Crippen LogP contribution >= 0.6 is 24.0 Å². The molecular formula is C18H35IN4. The standard InChI is InChI=1S/C18H34N4.HI/c1-3-21-12-6-16(7-13-21)5-11-20-17(19-2)22-14-10-18(15-22)8-4-9-18;/h16H,3-15H2,1-2H3,(H,19,20);1H. The van der Waals surface area contributed by atoms with Gasteiger partial charge < -0.3 is 15.1 Å². The maximum Gasteiger partial charge on any atom is 0.193 e. The van der Waals surface area contributed by atoms with Gasteiger partial charge in [0, 0.05) is 26.7 Å². The third-order valence-corrected chi connectivity index (χ3v) is 6.35. The fourth-order valence-corrected chi connectivity index (χ4v) is 4.51. The first kappa shape index (κ1) is 19.3. The lowest BCUT2D eigenvalue weighted by Crippen LogP contribution is -2.43. The summed E-state index contributed by atoms with van der Waals surface area (Å²) in [5, 5.41) is 3.63. The zero-order valence-corrected chi connectivity index (χ0v) is 17.3. The monoisotopic (exact) mass is 434 g/mol. The summed E-state index contributed by atoms with van der Waals surface area (Å²) in [5.74, 6) is 2.06. The van der Waals surface area contributed by atoms with Crippen molar-refractivity contribution in [2.75, 3.05) is 46.3 Å². The molecule has 0 radical (unpaired) electrons. The first-order valence-corrected chi connectivity index (χ1v) is 9.43. The maximum absolute atomic E-state index is 4.53. The number of hydrogen-bond donors (Lipinski definition) is 1. The molecule has 0 unspecified atom stereocenters. The van der Waals surface area contributed by atoms with E-state index >= 15 is 0 Å². The second-order valence-electron chi connectivity index (χ2n) is 7.67. The molecule has 1 saturated carbocycles. The molecule has 2 heterocycles. The van der Waals surface area contributed by atoms with Crippen molar-refractivity contribution in [2.24, 2.45) is 16.3 Å². The Bertz CT molecular complexity index is 386. The number of piperidine rings is 1. The fraction of sp³-hybridized carbons (Fsp3) is 0.944. The SMILES string of the molecule is CCN1CCC(CCNC(=NC)N2CCC3(CCC3)C2)CC1.I. The molecule has 0 atom stereocenters. The summed E-state index contributed by atoms with van der Waals surface area (Å²) < 4.78 is 0. The quantitative estimate of drug-likeness (QED) is 0.419. The van der Waals surface area contributed by atoms with Gasteiger partial charge in [-0.15, -0.1) is 24.0 Å². The van der Waals surface area contributed by atoms with Crippen LogP contribution in [0.25, 0.3) is 0 Å². The summed E-state index contributed by atoms with van der Waals surface area (Å²) in [7, 11) is 1.94. The Kier molecular flexibility index (Phi) is 7.45. The van der Waals surface area contributed by atoms with Crippen LogP contribution < -0.4 is 5.32 Å². The van der Waals surface area contributed by atoms with Gasteiger partial charge in [0.2, 0.25) is 0 Å². The van der Waals surface area contributed by atoms with E-state index in [1.54, 1.807) is 0 Å². The molecule has 0 aromatic heterocycles. The van der Waals surface area contributed by atoms with Gasteiger partial charge in [-0.1, -0.05) is 13.3 Å². The molecule has 2 aliphatic heterocycles. The molecule has 1 N–H and O–H groups in total. The number of guanidine groups is 1. The number of halogens is 1. The summed E-state index contributed by atoms with van der Waals surface area (Å²) in [6.45, 7) is 9.61. The van der Waals surface area contributed by atoms with E-state index in [2.05, 4.69) is 27.0 Å². The topological polar surface area (TPSA) is 30.9 Å². The molecule has 0 amide bonds. The molecule has 1 spiro atoms. The highest BCUT2D eigenvalue weighted by Crippen LogP contribution is 2.47. The number of hydrogen-bond acceptors (Lipinski definition) is 2. The number of rotatable bonds is 4. The lowest BCUT2D eigenvalue weighted by Gasteiger charge is -2.38. The van der Waals surface area contributed by atoms with E-state index in [0.29, 0.717) is 5.41 Å². The molecule has 1 aliphatic carbocycles. The van der Waals surface area contributed by atoms with Gasteiger partial charge in [0.25, 0.3) is 0 Å². The molecule has 23 heavy (non-hydrogen) atoms. The largest absolute Gasteiger partial charge is 0.356 e. The van der Waals surface area contributed by atoms with Crippen LogP contribution in [0.5, 0.6) is 0 Å². The molecule has 0 aromatic rings. The van der Waals surface area contributed by atoms with Crippen molar-refractivity contribution in [2.45, 2.75) is 51.9 Å². The Morgan fingerprint density at radius 2 is 1.91 bits per heavy atom. The van der Waals surface area contributed by atoms with E-state index in [0.717, 1.165) is 18.4 Å².